The first-order valence-corrected chi connectivity index (χ1v) is 7.15. The van der Waals surface area contributed by atoms with Crippen molar-refractivity contribution >= 4 is 22.9 Å². The molecule has 0 spiro atoms. The number of nitrogens with two attached hydrogens (primary N) is 1. The first-order valence-electron chi connectivity index (χ1n) is 6.27. The molecular weight excluding hydrogens is 254 g/mol. The van der Waals surface area contributed by atoms with Crippen LogP contribution in [0.15, 0.2) is 35.7 Å². The van der Waals surface area contributed by atoms with E-state index in [9.17, 15) is 0 Å². The highest BCUT2D eigenvalue weighted by Gasteiger charge is 2.12. The lowest BCUT2D eigenvalue weighted by Gasteiger charge is -2.24. The van der Waals surface area contributed by atoms with Crippen molar-refractivity contribution in [2.75, 3.05) is 18.5 Å². The molecule has 2 rings (SSSR count). The number of nitrogen functional groups attached to an aromatic ring is 1. The van der Waals surface area contributed by atoms with Crippen molar-refractivity contribution < 1.29 is 0 Å². The summed E-state index contributed by atoms with van der Waals surface area (Å²) in [5.41, 5.74) is 8.70. The summed E-state index contributed by atoms with van der Waals surface area (Å²) in [4.78, 5) is 3.57. The number of para-hydroxylation sites is 1. The maximum Gasteiger partial charge on any atom is 0.124 e. The second kappa shape index (κ2) is 5.89. The quantitative estimate of drug-likeness (QED) is 0.650. The molecule has 0 aliphatic carbocycles. The van der Waals surface area contributed by atoms with Gasteiger partial charge in [0.1, 0.15) is 5.84 Å². The first-order chi connectivity index (χ1) is 9.09. The number of nitrogens with zero attached hydrogens (tertiary/aromatic N) is 1. The maximum atomic E-state index is 7.69. The molecule has 0 aliphatic heterocycles. The Kier molecular flexibility index (Phi) is 4.22. The van der Waals surface area contributed by atoms with Crippen molar-refractivity contribution in [3.63, 3.8) is 0 Å². The van der Waals surface area contributed by atoms with Crippen molar-refractivity contribution in [2.45, 2.75) is 13.3 Å². The van der Waals surface area contributed by atoms with E-state index >= 15 is 0 Å². The molecule has 2 aromatic rings. The summed E-state index contributed by atoms with van der Waals surface area (Å²) in [5.74, 6) is 0.127. The Balaban J connectivity index is 2.18. The van der Waals surface area contributed by atoms with Gasteiger partial charge >= 0.3 is 0 Å². The van der Waals surface area contributed by atoms with Crippen LogP contribution in [0, 0.1) is 12.3 Å². The number of anilines is 1. The van der Waals surface area contributed by atoms with E-state index in [1.165, 1.54) is 4.88 Å². The van der Waals surface area contributed by atoms with Gasteiger partial charge in [0.15, 0.2) is 0 Å². The molecule has 0 atom stereocenters. The number of likely N-dealkylation sites (N-methyl/N-ethyl adjacent to an activating group) is 1. The molecule has 1 heterocycles. The van der Waals surface area contributed by atoms with Gasteiger partial charge in [-0.25, -0.2) is 0 Å². The summed E-state index contributed by atoms with van der Waals surface area (Å²) >= 11 is 1.78. The summed E-state index contributed by atoms with van der Waals surface area (Å²) in [7, 11) is 2.06. The fourth-order valence-corrected chi connectivity index (χ4v) is 2.93. The Morgan fingerprint density at radius 2 is 2.11 bits per heavy atom. The third kappa shape index (κ3) is 3.15. The Hall–Kier alpha value is -1.81. The van der Waals surface area contributed by atoms with Crippen LogP contribution in [-0.2, 0) is 6.42 Å². The lowest BCUT2D eigenvalue weighted by Crippen LogP contribution is -2.25. The van der Waals surface area contributed by atoms with Crippen molar-refractivity contribution in [1.82, 2.24) is 0 Å². The van der Waals surface area contributed by atoms with Crippen LogP contribution in [-0.4, -0.2) is 19.4 Å². The highest BCUT2D eigenvalue weighted by atomic mass is 32.1. The molecule has 0 bridgehead atoms. The van der Waals surface area contributed by atoms with E-state index < -0.39 is 0 Å². The van der Waals surface area contributed by atoms with Gasteiger partial charge in [-0.1, -0.05) is 18.2 Å². The van der Waals surface area contributed by atoms with E-state index in [1.54, 1.807) is 11.3 Å². The fraction of sp³-hybridized carbons (Fsp3) is 0.267. The lowest BCUT2D eigenvalue weighted by atomic mass is 10.1. The fourth-order valence-electron chi connectivity index (χ4n) is 2.23. The molecule has 0 aliphatic rings. The summed E-state index contributed by atoms with van der Waals surface area (Å²) in [6.07, 6.45) is 1.01. The lowest BCUT2D eigenvalue weighted by molar-refractivity contribution is 0.882. The molecule has 1 aromatic heterocycles. The standard InChI is InChI=1S/C15H19N3S/c1-11-5-3-7-13(15(16)17)14(11)18(2)9-8-12-6-4-10-19-12/h3-7,10H,8-9H2,1-2H3,(H3,16,17). The number of aryl methyl sites for hydroxylation is 1. The van der Waals surface area contributed by atoms with Gasteiger partial charge in [0, 0.05) is 24.0 Å². The number of benzene rings is 1. The molecule has 0 amide bonds. The van der Waals surface area contributed by atoms with Gasteiger partial charge in [-0.2, -0.15) is 0 Å². The SMILES string of the molecule is Cc1cccc(C(=N)N)c1N(C)CCc1cccs1. The molecule has 1 aromatic carbocycles. The maximum absolute atomic E-state index is 7.69. The largest absolute Gasteiger partial charge is 0.384 e. The number of rotatable bonds is 5. The number of nitrogens with one attached hydrogen (secondary N) is 1. The molecule has 0 unspecified atom stereocenters. The van der Waals surface area contributed by atoms with Crippen LogP contribution in [0.2, 0.25) is 0 Å². The van der Waals surface area contributed by atoms with Crippen molar-refractivity contribution in [2.24, 2.45) is 5.73 Å². The van der Waals surface area contributed by atoms with Crippen LogP contribution >= 0.6 is 11.3 Å². The Bertz CT molecular complexity index is 561. The van der Waals surface area contributed by atoms with Crippen molar-refractivity contribution in [3.8, 4) is 0 Å². The zero-order valence-corrected chi connectivity index (χ0v) is 12.1. The van der Waals surface area contributed by atoms with Gasteiger partial charge in [0.25, 0.3) is 0 Å². The van der Waals surface area contributed by atoms with Crippen molar-refractivity contribution in [3.05, 3.63) is 51.7 Å². The van der Waals surface area contributed by atoms with Crippen molar-refractivity contribution in [1.29, 1.82) is 5.41 Å². The van der Waals surface area contributed by atoms with Gasteiger partial charge < -0.3 is 10.6 Å². The second-order valence-corrected chi connectivity index (χ2v) is 5.67. The average molecular weight is 273 g/mol. The number of amidine groups is 1. The Labute approximate surface area is 118 Å². The number of thiophene rings is 1. The van der Waals surface area contributed by atoms with Crippen LogP contribution in [0.4, 0.5) is 5.69 Å². The first kappa shape index (κ1) is 13.6. The van der Waals surface area contributed by atoms with Gasteiger partial charge in [-0.3, -0.25) is 5.41 Å². The normalized spacial score (nSPS) is 10.4. The average Bonchev–Trinajstić information content (AvgIpc) is 2.88. The Morgan fingerprint density at radius 1 is 1.32 bits per heavy atom. The van der Waals surface area contributed by atoms with Gasteiger partial charge in [-0.05, 0) is 36.4 Å². The molecule has 100 valence electrons. The molecule has 0 saturated carbocycles. The van der Waals surface area contributed by atoms with E-state index in [2.05, 4.69) is 42.5 Å². The van der Waals surface area contributed by atoms with Crippen LogP contribution in [0.3, 0.4) is 0 Å². The minimum absolute atomic E-state index is 0.127. The monoisotopic (exact) mass is 273 g/mol. The molecular formula is C15H19N3S. The van der Waals surface area contributed by atoms with Gasteiger partial charge in [-0.15, -0.1) is 11.3 Å². The summed E-state index contributed by atoms with van der Waals surface area (Å²) < 4.78 is 0. The molecule has 3 nitrogen and oxygen atoms in total. The molecule has 3 N–H and O–H groups in total. The van der Waals surface area contributed by atoms with Gasteiger partial charge in [0.2, 0.25) is 0 Å². The zero-order chi connectivity index (χ0) is 13.8. The molecule has 19 heavy (non-hydrogen) atoms. The highest BCUT2D eigenvalue weighted by Crippen LogP contribution is 2.24. The smallest absolute Gasteiger partial charge is 0.124 e. The number of hydrogen-bond donors (Lipinski definition) is 2. The van der Waals surface area contributed by atoms with E-state index in [-0.39, 0.29) is 5.84 Å². The van der Waals surface area contributed by atoms with Gasteiger partial charge in [0.05, 0.1) is 5.69 Å². The van der Waals surface area contributed by atoms with E-state index in [0.29, 0.717) is 0 Å². The third-order valence-electron chi connectivity index (χ3n) is 3.18. The Morgan fingerprint density at radius 3 is 2.74 bits per heavy atom. The number of hydrogen-bond acceptors (Lipinski definition) is 3. The summed E-state index contributed by atoms with van der Waals surface area (Å²) in [6, 6.07) is 10.1. The van der Waals surface area contributed by atoms with Crippen LogP contribution in [0.5, 0.6) is 0 Å². The predicted molar refractivity (Wildman–Crippen MR) is 83.5 cm³/mol. The minimum atomic E-state index is 0.127. The third-order valence-corrected chi connectivity index (χ3v) is 4.12. The molecule has 0 radical (unpaired) electrons. The van der Waals surface area contributed by atoms with E-state index in [1.807, 2.05) is 12.1 Å². The second-order valence-electron chi connectivity index (χ2n) is 4.64. The van der Waals surface area contributed by atoms with E-state index in [0.717, 1.165) is 29.8 Å². The van der Waals surface area contributed by atoms with Crippen LogP contribution < -0.4 is 10.6 Å². The van der Waals surface area contributed by atoms with E-state index in [4.69, 9.17) is 11.1 Å². The molecule has 0 saturated heterocycles. The topological polar surface area (TPSA) is 53.1 Å². The highest BCUT2D eigenvalue weighted by molar-refractivity contribution is 7.09. The summed E-state index contributed by atoms with van der Waals surface area (Å²) in [5, 5.41) is 9.79. The zero-order valence-electron chi connectivity index (χ0n) is 11.3. The molecule has 4 heteroatoms. The predicted octanol–water partition coefficient (Wildman–Crippen LogP) is 3.02. The van der Waals surface area contributed by atoms with Crippen LogP contribution in [0.25, 0.3) is 0 Å². The minimum Gasteiger partial charge on any atom is -0.384 e. The van der Waals surface area contributed by atoms with Crippen LogP contribution in [0.1, 0.15) is 16.0 Å². The summed E-state index contributed by atoms with van der Waals surface area (Å²) in [6.45, 7) is 2.98. The molecule has 0 fully saturated rings.